The molecule has 4 rings (SSSR count). The Hall–Kier alpha value is -4.08. The predicted octanol–water partition coefficient (Wildman–Crippen LogP) is 2.18. The van der Waals surface area contributed by atoms with Gasteiger partial charge in [-0.05, 0) is 29.7 Å². The van der Waals surface area contributed by atoms with E-state index in [-0.39, 0.29) is 18.9 Å². The Labute approximate surface area is 183 Å². The first-order valence-electron chi connectivity index (χ1n) is 10.1. The number of carbonyl (C=O) groups excluding carboxylic acids is 3. The number of hydrogen-bond donors (Lipinski definition) is 3. The molecule has 1 atom stereocenters. The summed E-state index contributed by atoms with van der Waals surface area (Å²) < 4.78 is 13.4. The van der Waals surface area contributed by atoms with Crippen molar-refractivity contribution in [1.82, 2.24) is 25.4 Å². The maximum absolute atomic E-state index is 13.4. The number of benzene rings is 2. The first-order valence-corrected chi connectivity index (χ1v) is 10.1. The minimum atomic E-state index is -1.01. The van der Waals surface area contributed by atoms with E-state index in [1.807, 2.05) is 30.3 Å². The van der Waals surface area contributed by atoms with Gasteiger partial charge in [0.1, 0.15) is 17.7 Å². The lowest BCUT2D eigenvalue weighted by Gasteiger charge is -2.13. The van der Waals surface area contributed by atoms with Gasteiger partial charge in [-0.25, -0.2) is 9.18 Å². The number of carbonyl (C=O) groups is 3. The van der Waals surface area contributed by atoms with Gasteiger partial charge >= 0.3 is 6.03 Å². The van der Waals surface area contributed by atoms with Crippen molar-refractivity contribution in [2.75, 3.05) is 5.32 Å². The van der Waals surface area contributed by atoms with E-state index in [1.165, 1.54) is 18.2 Å². The lowest BCUT2D eigenvalue weighted by atomic mass is 10.1. The van der Waals surface area contributed by atoms with Crippen molar-refractivity contribution < 1.29 is 18.8 Å². The molecule has 32 heavy (non-hydrogen) atoms. The first kappa shape index (κ1) is 21.2. The summed E-state index contributed by atoms with van der Waals surface area (Å²) in [6.45, 7) is -0.0771. The molecule has 3 aromatic rings. The molecule has 0 spiro atoms. The molecule has 2 heterocycles. The molecule has 0 aliphatic carbocycles. The van der Waals surface area contributed by atoms with Gasteiger partial charge in [-0.15, -0.1) is 5.10 Å². The second kappa shape index (κ2) is 9.38. The monoisotopic (exact) mass is 436 g/mol. The highest BCUT2D eigenvalue weighted by molar-refractivity contribution is 6.06. The summed E-state index contributed by atoms with van der Waals surface area (Å²) in [4.78, 5) is 42.2. The molecule has 1 saturated heterocycles. The SMILES string of the molecule is O=C(CC1NC(=O)N(Cc2cccc(F)c2)C1=O)Nc1n[nH]c(CCc2ccccc2)n1. The fraction of sp³-hybridized carbons (Fsp3) is 0.227. The van der Waals surface area contributed by atoms with Crippen LogP contribution in [0.2, 0.25) is 0 Å². The smallest absolute Gasteiger partial charge is 0.325 e. The number of halogens is 1. The molecular formula is C22H21FN6O3. The van der Waals surface area contributed by atoms with Crippen LogP contribution in [0.25, 0.3) is 0 Å². The minimum Gasteiger partial charge on any atom is -0.325 e. The van der Waals surface area contributed by atoms with Crippen molar-refractivity contribution in [3.63, 3.8) is 0 Å². The molecule has 0 bridgehead atoms. The van der Waals surface area contributed by atoms with Gasteiger partial charge in [-0.2, -0.15) is 4.98 Å². The number of nitrogens with zero attached hydrogens (tertiary/aromatic N) is 3. The summed E-state index contributed by atoms with van der Waals surface area (Å²) in [5.41, 5.74) is 1.63. The number of anilines is 1. The minimum absolute atomic E-state index is 0.0771. The second-order valence-electron chi connectivity index (χ2n) is 7.40. The van der Waals surface area contributed by atoms with Crippen LogP contribution in [0.15, 0.2) is 54.6 Å². The van der Waals surface area contributed by atoms with E-state index in [9.17, 15) is 18.8 Å². The van der Waals surface area contributed by atoms with Crippen molar-refractivity contribution >= 4 is 23.8 Å². The Morgan fingerprint density at radius 2 is 1.84 bits per heavy atom. The number of aromatic amines is 1. The number of nitrogens with one attached hydrogen (secondary N) is 3. The highest BCUT2D eigenvalue weighted by atomic mass is 19.1. The van der Waals surface area contributed by atoms with Crippen LogP contribution < -0.4 is 10.6 Å². The number of amides is 4. The van der Waals surface area contributed by atoms with Crippen LogP contribution in [0.3, 0.4) is 0 Å². The van der Waals surface area contributed by atoms with Gasteiger partial charge < -0.3 is 5.32 Å². The zero-order chi connectivity index (χ0) is 22.5. The maximum atomic E-state index is 13.4. The largest absolute Gasteiger partial charge is 0.325 e. The zero-order valence-electron chi connectivity index (χ0n) is 17.0. The van der Waals surface area contributed by atoms with Gasteiger partial charge in [0.25, 0.3) is 5.91 Å². The van der Waals surface area contributed by atoms with Gasteiger partial charge in [-0.3, -0.25) is 24.9 Å². The molecule has 4 amide bonds. The number of aryl methyl sites for hydroxylation is 2. The molecule has 2 aromatic carbocycles. The van der Waals surface area contributed by atoms with Crippen molar-refractivity contribution in [2.24, 2.45) is 0 Å². The van der Waals surface area contributed by atoms with Gasteiger partial charge in [-0.1, -0.05) is 42.5 Å². The van der Waals surface area contributed by atoms with Crippen molar-refractivity contribution in [3.8, 4) is 0 Å². The van der Waals surface area contributed by atoms with Crippen LogP contribution in [-0.2, 0) is 29.0 Å². The maximum Gasteiger partial charge on any atom is 0.325 e. The van der Waals surface area contributed by atoms with E-state index in [4.69, 9.17) is 0 Å². The standard InChI is InChI=1S/C22H21FN6O3/c23-16-8-4-7-15(11-16)13-29-20(31)17(24-22(29)32)12-19(30)26-21-25-18(27-28-21)10-9-14-5-2-1-3-6-14/h1-8,11,17H,9-10,12-13H2,(H,24,32)(H2,25,26,27,28,30). The Kier molecular flexibility index (Phi) is 6.20. The van der Waals surface area contributed by atoms with Gasteiger partial charge in [0.15, 0.2) is 0 Å². The lowest BCUT2D eigenvalue weighted by molar-refractivity contribution is -0.130. The van der Waals surface area contributed by atoms with Crippen LogP contribution in [0, 0.1) is 5.82 Å². The number of imide groups is 1. The molecule has 3 N–H and O–H groups in total. The third-order valence-corrected chi connectivity index (χ3v) is 5.00. The van der Waals surface area contributed by atoms with E-state index in [0.29, 0.717) is 17.8 Å². The fourth-order valence-electron chi connectivity index (χ4n) is 3.41. The number of H-pyrrole nitrogens is 1. The van der Waals surface area contributed by atoms with Crippen LogP contribution in [0.5, 0.6) is 0 Å². The first-order chi connectivity index (χ1) is 15.5. The number of aromatic nitrogens is 3. The van der Waals surface area contributed by atoms with Crippen molar-refractivity contribution in [1.29, 1.82) is 0 Å². The molecule has 0 saturated carbocycles. The topological polar surface area (TPSA) is 120 Å². The van der Waals surface area contributed by atoms with E-state index in [2.05, 4.69) is 25.8 Å². The summed E-state index contributed by atoms with van der Waals surface area (Å²) in [6, 6.07) is 13.9. The summed E-state index contributed by atoms with van der Waals surface area (Å²) in [6.07, 6.45) is 1.13. The Bertz CT molecular complexity index is 1130. The average molecular weight is 436 g/mol. The summed E-state index contributed by atoms with van der Waals surface area (Å²) in [7, 11) is 0. The molecule has 0 radical (unpaired) electrons. The third kappa shape index (κ3) is 5.15. The van der Waals surface area contributed by atoms with Crippen LogP contribution >= 0.6 is 0 Å². The number of urea groups is 1. The normalized spacial score (nSPS) is 15.7. The van der Waals surface area contributed by atoms with Crippen LogP contribution in [0.1, 0.15) is 23.4 Å². The van der Waals surface area contributed by atoms with Gasteiger partial charge in [0.05, 0.1) is 13.0 Å². The highest BCUT2D eigenvalue weighted by Gasteiger charge is 2.39. The summed E-state index contributed by atoms with van der Waals surface area (Å²) >= 11 is 0. The molecule has 1 aromatic heterocycles. The number of rotatable bonds is 8. The predicted molar refractivity (Wildman–Crippen MR) is 113 cm³/mol. The molecule has 164 valence electrons. The van der Waals surface area contributed by atoms with Gasteiger partial charge in [0, 0.05) is 6.42 Å². The second-order valence-corrected chi connectivity index (χ2v) is 7.40. The van der Waals surface area contributed by atoms with E-state index >= 15 is 0 Å². The third-order valence-electron chi connectivity index (χ3n) is 5.00. The molecular weight excluding hydrogens is 415 g/mol. The lowest BCUT2D eigenvalue weighted by Crippen LogP contribution is -2.34. The molecule has 1 unspecified atom stereocenters. The highest BCUT2D eigenvalue weighted by Crippen LogP contribution is 2.15. The quantitative estimate of drug-likeness (QED) is 0.468. The average Bonchev–Trinajstić information content (AvgIpc) is 3.32. The Morgan fingerprint density at radius 1 is 1.06 bits per heavy atom. The zero-order valence-corrected chi connectivity index (χ0v) is 17.0. The summed E-state index contributed by atoms with van der Waals surface area (Å²) in [5, 5.41) is 11.8. The van der Waals surface area contributed by atoms with E-state index in [0.717, 1.165) is 16.9 Å². The van der Waals surface area contributed by atoms with E-state index in [1.54, 1.807) is 6.07 Å². The number of hydrogen-bond acceptors (Lipinski definition) is 5. The van der Waals surface area contributed by atoms with E-state index < -0.39 is 29.7 Å². The van der Waals surface area contributed by atoms with Gasteiger partial charge in [0.2, 0.25) is 11.9 Å². The van der Waals surface area contributed by atoms with Crippen molar-refractivity contribution in [2.45, 2.75) is 31.8 Å². The molecule has 10 heteroatoms. The molecule has 1 aliphatic rings. The Balaban J connectivity index is 1.29. The Morgan fingerprint density at radius 3 is 2.62 bits per heavy atom. The molecule has 1 aliphatic heterocycles. The van der Waals surface area contributed by atoms with Crippen molar-refractivity contribution in [3.05, 3.63) is 77.4 Å². The van der Waals surface area contributed by atoms with Crippen LogP contribution in [-0.4, -0.2) is 44.0 Å². The molecule has 9 nitrogen and oxygen atoms in total. The molecule has 1 fully saturated rings. The fourth-order valence-corrected chi connectivity index (χ4v) is 3.41. The summed E-state index contributed by atoms with van der Waals surface area (Å²) in [5.74, 6) is -0.792. The van der Waals surface area contributed by atoms with Crippen LogP contribution in [0.4, 0.5) is 15.1 Å².